The molecule has 0 atom stereocenters. The summed E-state index contributed by atoms with van der Waals surface area (Å²) in [4.78, 5) is 22.9. The Labute approximate surface area is 212 Å². The first kappa shape index (κ1) is 26.1. The predicted octanol–water partition coefficient (Wildman–Crippen LogP) is 5.07. The van der Waals surface area contributed by atoms with Gasteiger partial charge in [-0.3, -0.25) is 14.9 Å². The van der Waals surface area contributed by atoms with E-state index >= 15 is 0 Å². The number of nitrogens with one attached hydrogen (secondary N) is 1. The molecule has 1 amide bonds. The second kappa shape index (κ2) is 12.2. The Balaban J connectivity index is 1.72. The van der Waals surface area contributed by atoms with Crippen LogP contribution in [0.15, 0.2) is 66.2 Å². The lowest BCUT2D eigenvalue weighted by Crippen LogP contribution is -2.23. The molecule has 0 fully saturated rings. The summed E-state index contributed by atoms with van der Waals surface area (Å²) in [6, 6.07) is 18.2. The van der Waals surface area contributed by atoms with Crippen LogP contribution in [0.2, 0.25) is 5.02 Å². The average molecular weight is 508 g/mol. The predicted molar refractivity (Wildman–Crippen MR) is 134 cm³/mol. The molecule has 0 unspecified atom stereocenters. The minimum atomic E-state index is -0.540. The average Bonchev–Trinajstić information content (AvgIpc) is 2.89. The lowest BCUT2D eigenvalue weighted by atomic mass is 10.1. The first-order valence-electron chi connectivity index (χ1n) is 10.6. The molecule has 36 heavy (non-hydrogen) atoms. The van der Waals surface area contributed by atoms with Crippen molar-refractivity contribution in [3.8, 4) is 23.3 Å². The molecule has 9 nitrogen and oxygen atoms in total. The molecule has 1 N–H and O–H groups in total. The normalized spacial score (nSPS) is 10.8. The molecule has 0 spiro atoms. The zero-order chi connectivity index (χ0) is 26.1. The number of benzene rings is 3. The number of rotatable bonds is 10. The first-order chi connectivity index (χ1) is 17.3. The highest BCUT2D eigenvalue weighted by Gasteiger charge is 2.15. The zero-order valence-corrected chi connectivity index (χ0v) is 20.2. The van der Waals surface area contributed by atoms with Crippen molar-refractivity contribution in [2.75, 3.05) is 14.2 Å². The number of non-ortho nitro benzene ring substituents is 1. The number of nitro groups is 1. The van der Waals surface area contributed by atoms with Gasteiger partial charge in [0.15, 0.2) is 11.5 Å². The molecular weight excluding hydrogens is 486 g/mol. The number of nitriles is 1. The molecule has 0 heterocycles. The van der Waals surface area contributed by atoms with Crippen LogP contribution in [-0.4, -0.2) is 25.1 Å². The van der Waals surface area contributed by atoms with Crippen LogP contribution in [0.25, 0.3) is 6.08 Å². The van der Waals surface area contributed by atoms with E-state index in [0.29, 0.717) is 22.6 Å². The molecule has 3 rings (SSSR count). The van der Waals surface area contributed by atoms with Gasteiger partial charge in [0.05, 0.1) is 24.2 Å². The summed E-state index contributed by atoms with van der Waals surface area (Å²) in [6.07, 6.45) is 1.40. The van der Waals surface area contributed by atoms with Crippen molar-refractivity contribution in [3.05, 3.63) is 98.1 Å². The van der Waals surface area contributed by atoms with Gasteiger partial charge in [-0.2, -0.15) is 5.26 Å². The molecule has 0 aliphatic carbocycles. The molecule has 0 saturated carbocycles. The van der Waals surface area contributed by atoms with E-state index in [0.717, 1.165) is 5.56 Å². The number of halogens is 1. The molecule has 0 aliphatic heterocycles. The van der Waals surface area contributed by atoms with Crippen LogP contribution in [0.1, 0.15) is 16.7 Å². The van der Waals surface area contributed by atoms with Crippen molar-refractivity contribution in [1.82, 2.24) is 5.32 Å². The topological polar surface area (TPSA) is 124 Å². The van der Waals surface area contributed by atoms with Gasteiger partial charge in [0.2, 0.25) is 0 Å². The van der Waals surface area contributed by atoms with Crippen LogP contribution in [-0.2, 0) is 17.9 Å². The molecule has 184 valence electrons. The smallest absolute Gasteiger partial charge is 0.269 e. The number of amides is 1. The minimum Gasteiger partial charge on any atom is -0.497 e. The summed E-state index contributed by atoms with van der Waals surface area (Å²) in [7, 11) is 3.00. The monoisotopic (exact) mass is 507 g/mol. The second-order valence-electron chi connectivity index (χ2n) is 7.45. The van der Waals surface area contributed by atoms with Crippen LogP contribution in [0.4, 0.5) is 5.69 Å². The van der Waals surface area contributed by atoms with Crippen LogP contribution in [0.5, 0.6) is 17.2 Å². The number of nitrogens with zero attached hydrogens (tertiary/aromatic N) is 2. The van der Waals surface area contributed by atoms with Crippen LogP contribution in [0.3, 0.4) is 0 Å². The van der Waals surface area contributed by atoms with Crippen molar-refractivity contribution >= 4 is 29.3 Å². The number of nitro benzene ring substituents is 1. The van der Waals surface area contributed by atoms with Crippen LogP contribution >= 0.6 is 11.6 Å². The van der Waals surface area contributed by atoms with Crippen molar-refractivity contribution in [2.24, 2.45) is 0 Å². The fraction of sp³-hybridized carbons (Fsp3) is 0.154. The molecule has 0 bridgehead atoms. The molecule has 0 aromatic heterocycles. The quantitative estimate of drug-likeness (QED) is 0.176. The first-order valence-corrected chi connectivity index (χ1v) is 11.0. The fourth-order valence-electron chi connectivity index (χ4n) is 3.17. The largest absolute Gasteiger partial charge is 0.497 e. The summed E-state index contributed by atoms with van der Waals surface area (Å²) in [6.45, 7) is 0.335. The van der Waals surface area contributed by atoms with Crippen molar-refractivity contribution in [3.63, 3.8) is 0 Å². The Bertz CT molecular complexity index is 1320. The lowest BCUT2D eigenvalue weighted by Gasteiger charge is -2.13. The lowest BCUT2D eigenvalue weighted by molar-refractivity contribution is -0.384. The van der Waals surface area contributed by atoms with E-state index in [1.807, 2.05) is 18.2 Å². The van der Waals surface area contributed by atoms with E-state index < -0.39 is 10.8 Å². The van der Waals surface area contributed by atoms with Gasteiger partial charge in [0, 0.05) is 18.7 Å². The van der Waals surface area contributed by atoms with Gasteiger partial charge in [-0.05, 0) is 59.2 Å². The molecule has 3 aromatic rings. The Morgan fingerprint density at radius 3 is 2.33 bits per heavy atom. The van der Waals surface area contributed by atoms with E-state index in [4.69, 9.17) is 25.8 Å². The van der Waals surface area contributed by atoms with Crippen molar-refractivity contribution in [2.45, 2.75) is 13.2 Å². The van der Waals surface area contributed by atoms with Gasteiger partial charge in [-0.25, -0.2) is 0 Å². The SMILES string of the molecule is COc1ccc(CNC(=O)/C(C#N)=C\c2cc(Cl)c(OCc3ccc([N+](=O)[O-])cc3)c(OC)c2)cc1. The van der Waals surface area contributed by atoms with Gasteiger partial charge in [0.25, 0.3) is 11.6 Å². The minimum absolute atomic E-state index is 0.0214. The molecule has 10 heteroatoms. The van der Waals surface area contributed by atoms with E-state index in [1.165, 1.54) is 25.3 Å². The number of carbonyl (C=O) groups is 1. The van der Waals surface area contributed by atoms with E-state index in [-0.39, 0.29) is 35.2 Å². The molecular formula is C26H22ClN3O6. The maximum Gasteiger partial charge on any atom is 0.269 e. The highest BCUT2D eigenvalue weighted by Crippen LogP contribution is 2.37. The third-order valence-corrected chi connectivity index (χ3v) is 5.35. The van der Waals surface area contributed by atoms with Crippen LogP contribution in [0, 0.1) is 21.4 Å². The number of hydrogen-bond acceptors (Lipinski definition) is 7. The summed E-state index contributed by atoms with van der Waals surface area (Å²) in [5.41, 5.74) is 1.88. The second-order valence-corrected chi connectivity index (χ2v) is 7.85. The molecule has 3 aromatic carbocycles. The number of methoxy groups -OCH3 is 2. The maximum atomic E-state index is 12.5. The summed E-state index contributed by atoms with van der Waals surface area (Å²) in [5, 5.41) is 23.2. The van der Waals surface area contributed by atoms with Crippen LogP contribution < -0.4 is 19.5 Å². The Morgan fingerprint density at radius 2 is 1.75 bits per heavy atom. The fourth-order valence-corrected chi connectivity index (χ4v) is 3.44. The molecule has 0 saturated heterocycles. The highest BCUT2D eigenvalue weighted by atomic mass is 35.5. The van der Waals surface area contributed by atoms with Crippen molar-refractivity contribution < 1.29 is 23.9 Å². The van der Waals surface area contributed by atoms with Gasteiger partial charge in [0.1, 0.15) is 24.0 Å². The van der Waals surface area contributed by atoms with E-state index in [2.05, 4.69) is 5.32 Å². The summed E-state index contributed by atoms with van der Waals surface area (Å²) < 4.78 is 16.3. The van der Waals surface area contributed by atoms with Gasteiger partial charge in [-0.15, -0.1) is 0 Å². The Kier molecular flexibility index (Phi) is 8.86. The van der Waals surface area contributed by atoms with E-state index in [9.17, 15) is 20.2 Å². The zero-order valence-electron chi connectivity index (χ0n) is 19.5. The van der Waals surface area contributed by atoms with Crippen molar-refractivity contribution in [1.29, 1.82) is 5.26 Å². The third kappa shape index (κ3) is 6.74. The van der Waals surface area contributed by atoms with E-state index in [1.54, 1.807) is 43.5 Å². The molecule has 0 radical (unpaired) electrons. The third-order valence-electron chi connectivity index (χ3n) is 5.07. The maximum absolute atomic E-state index is 12.5. The summed E-state index contributed by atoms with van der Waals surface area (Å²) >= 11 is 6.40. The number of hydrogen-bond donors (Lipinski definition) is 1. The Morgan fingerprint density at radius 1 is 1.08 bits per heavy atom. The Hall–Kier alpha value is -4.55. The molecule has 0 aliphatic rings. The van der Waals surface area contributed by atoms with Gasteiger partial charge < -0.3 is 19.5 Å². The number of carbonyl (C=O) groups excluding carboxylic acids is 1. The summed E-state index contributed by atoms with van der Waals surface area (Å²) in [5.74, 6) is 0.722. The number of ether oxygens (including phenoxy) is 3. The van der Waals surface area contributed by atoms with Gasteiger partial charge in [-0.1, -0.05) is 23.7 Å². The van der Waals surface area contributed by atoms with Gasteiger partial charge >= 0.3 is 0 Å². The highest BCUT2D eigenvalue weighted by molar-refractivity contribution is 6.32. The standard InChI is InChI=1S/C26H22ClN3O6/c1-34-22-9-5-17(6-10-22)15-29-26(31)20(14-28)11-19-12-23(27)25(24(13-19)35-2)36-16-18-3-7-21(8-4-18)30(32)33/h3-13H,15-16H2,1-2H3,(H,29,31)/b20-11-.